The highest BCUT2D eigenvalue weighted by molar-refractivity contribution is 5.20. The van der Waals surface area contributed by atoms with E-state index in [1.165, 1.54) is 12.1 Å². The van der Waals surface area contributed by atoms with Gasteiger partial charge in [-0.3, -0.25) is 0 Å². The Kier molecular flexibility index (Phi) is 2.60. The zero-order valence-corrected chi connectivity index (χ0v) is 6.21. The lowest BCUT2D eigenvalue weighted by Gasteiger charge is -2.09. The molecular formula is C8H8F2O2. The van der Waals surface area contributed by atoms with E-state index in [-0.39, 0.29) is 0 Å². The summed E-state index contributed by atoms with van der Waals surface area (Å²) in [5, 5.41) is 8.02. The van der Waals surface area contributed by atoms with Gasteiger partial charge in [0.15, 0.2) is 6.61 Å². The summed E-state index contributed by atoms with van der Waals surface area (Å²) in [5.74, 6) is 0.311. The topological polar surface area (TPSA) is 29.5 Å². The van der Waals surface area contributed by atoms with Gasteiger partial charge in [-0.1, -0.05) is 18.2 Å². The molecule has 66 valence electrons. The molecule has 1 rings (SSSR count). The summed E-state index contributed by atoms with van der Waals surface area (Å²) in [4.78, 5) is 0. The maximum atomic E-state index is 11.8. The Morgan fingerprint density at radius 3 is 2.33 bits per heavy atom. The predicted molar refractivity (Wildman–Crippen MR) is 39.1 cm³/mol. The summed E-state index contributed by atoms with van der Waals surface area (Å²) in [5.41, 5.74) is 0. The van der Waals surface area contributed by atoms with Gasteiger partial charge in [0.05, 0.1) is 0 Å². The highest BCUT2D eigenvalue weighted by Crippen LogP contribution is 2.13. The molecule has 4 heteroatoms. The summed E-state index contributed by atoms with van der Waals surface area (Å²) in [6.07, 6.45) is -3.77. The van der Waals surface area contributed by atoms with Gasteiger partial charge in [0.2, 0.25) is 0 Å². The smallest absolute Gasteiger partial charge is 0.387 e. The van der Waals surface area contributed by atoms with Crippen molar-refractivity contribution in [1.29, 1.82) is 0 Å². The highest BCUT2D eigenvalue weighted by atomic mass is 19.3. The molecule has 0 bridgehead atoms. The lowest BCUT2D eigenvalue weighted by atomic mass is 10.3. The average molecular weight is 174 g/mol. The van der Waals surface area contributed by atoms with Crippen molar-refractivity contribution in [3.05, 3.63) is 30.3 Å². The van der Waals surface area contributed by atoms with E-state index >= 15 is 0 Å². The van der Waals surface area contributed by atoms with Gasteiger partial charge in [-0.15, -0.1) is 0 Å². The third-order valence-electron chi connectivity index (χ3n) is 1.16. The largest absolute Gasteiger partial charge is 0.484 e. The summed E-state index contributed by atoms with van der Waals surface area (Å²) in [6.45, 7) is -1.02. The van der Waals surface area contributed by atoms with Crippen LogP contribution in [0.5, 0.6) is 5.75 Å². The van der Waals surface area contributed by atoms with Crippen molar-refractivity contribution >= 4 is 0 Å². The van der Waals surface area contributed by atoms with Gasteiger partial charge in [-0.25, -0.2) is 0 Å². The van der Waals surface area contributed by atoms with Gasteiger partial charge in [-0.2, -0.15) is 8.78 Å². The first kappa shape index (κ1) is 8.93. The molecule has 1 N–H and O–H groups in total. The van der Waals surface area contributed by atoms with Crippen LogP contribution in [0.25, 0.3) is 0 Å². The molecule has 0 saturated heterocycles. The van der Waals surface area contributed by atoms with Crippen molar-refractivity contribution in [1.82, 2.24) is 0 Å². The summed E-state index contributed by atoms with van der Waals surface area (Å²) < 4.78 is 28.2. The monoisotopic (exact) mass is 174 g/mol. The zero-order valence-electron chi connectivity index (χ0n) is 6.21. The fraction of sp³-hybridized carbons (Fsp3) is 0.250. The lowest BCUT2D eigenvalue weighted by molar-refractivity contribution is -0.216. The van der Waals surface area contributed by atoms with Gasteiger partial charge in [0.1, 0.15) is 5.75 Å². The molecule has 0 aromatic heterocycles. The van der Waals surface area contributed by atoms with Crippen molar-refractivity contribution in [2.45, 2.75) is 6.11 Å². The van der Waals surface area contributed by atoms with E-state index in [1.54, 1.807) is 18.2 Å². The molecular weight excluding hydrogens is 166 g/mol. The van der Waals surface area contributed by atoms with Crippen LogP contribution in [0.15, 0.2) is 30.3 Å². The van der Waals surface area contributed by atoms with Crippen molar-refractivity contribution in [3.63, 3.8) is 0 Å². The zero-order chi connectivity index (χ0) is 9.03. The SMILES string of the molecule is OC(F)(F)COc1ccccc1. The molecule has 0 radical (unpaired) electrons. The summed E-state index contributed by atoms with van der Waals surface area (Å²) in [6, 6.07) is 8.12. The quantitative estimate of drug-likeness (QED) is 0.754. The Labute approximate surface area is 68.4 Å². The first-order valence-corrected chi connectivity index (χ1v) is 3.36. The second-order valence-corrected chi connectivity index (χ2v) is 2.27. The molecule has 1 aromatic rings. The molecule has 0 unspecified atom stereocenters. The van der Waals surface area contributed by atoms with Gasteiger partial charge in [-0.05, 0) is 12.1 Å². The fourth-order valence-corrected chi connectivity index (χ4v) is 0.687. The molecule has 0 aliphatic rings. The molecule has 0 fully saturated rings. The van der Waals surface area contributed by atoms with Crippen LogP contribution in [-0.2, 0) is 0 Å². The van der Waals surface area contributed by atoms with Crippen LogP contribution in [-0.4, -0.2) is 17.8 Å². The number of halogens is 2. The van der Waals surface area contributed by atoms with E-state index in [9.17, 15) is 8.78 Å². The second-order valence-electron chi connectivity index (χ2n) is 2.27. The minimum Gasteiger partial charge on any atom is -0.484 e. The van der Waals surface area contributed by atoms with Gasteiger partial charge >= 0.3 is 6.11 Å². The second kappa shape index (κ2) is 3.49. The lowest BCUT2D eigenvalue weighted by Crippen LogP contribution is -2.24. The van der Waals surface area contributed by atoms with E-state index < -0.39 is 12.7 Å². The molecule has 12 heavy (non-hydrogen) atoms. The number of alkyl halides is 2. The Morgan fingerprint density at radius 2 is 1.83 bits per heavy atom. The van der Waals surface area contributed by atoms with Crippen molar-refractivity contribution in [3.8, 4) is 5.75 Å². The Bertz CT molecular complexity index is 231. The molecule has 1 aromatic carbocycles. The summed E-state index contributed by atoms with van der Waals surface area (Å²) >= 11 is 0. The van der Waals surface area contributed by atoms with Crippen molar-refractivity contribution in [2.75, 3.05) is 6.61 Å². The fourth-order valence-electron chi connectivity index (χ4n) is 0.687. The number of para-hydroxylation sites is 1. The van der Waals surface area contributed by atoms with Crippen LogP contribution in [0.3, 0.4) is 0 Å². The minimum absolute atomic E-state index is 0.311. The molecule has 0 amide bonds. The molecule has 2 nitrogen and oxygen atoms in total. The van der Waals surface area contributed by atoms with Crippen LogP contribution in [0.4, 0.5) is 8.78 Å². The number of ether oxygens (including phenoxy) is 1. The van der Waals surface area contributed by atoms with E-state index in [1.807, 2.05) is 0 Å². The molecule has 0 spiro atoms. The van der Waals surface area contributed by atoms with E-state index in [4.69, 9.17) is 5.11 Å². The molecule has 0 heterocycles. The van der Waals surface area contributed by atoms with E-state index in [2.05, 4.69) is 4.74 Å². The van der Waals surface area contributed by atoms with Gasteiger partial charge in [0.25, 0.3) is 0 Å². The molecule has 0 aliphatic carbocycles. The Hall–Kier alpha value is -1.16. The number of aliphatic hydroxyl groups is 1. The first-order valence-electron chi connectivity index (χ1n) is 3.36. The minimum atomic E-state index is -3.77. The highest BCUT2D eigenvalue weighted by Gasteiger charge is 2.25. The number of rotatable bonds is 3. The van der Waals surface area contributed by atoms with Crippen LogP contribution in [0, 0.1) is 0 Å². The van der Waals surface area contributed by atoms with Crippen LogP contribution >= 0.6 is 0 Å². The van der Waals surface area contributed by atoms with Crippen molar-refractivity contribution < 1.29 is 18.6 Å². The Morgan fingerprint density at radius 1 is 1.25 bits per heavy atom. The molecule has 0 aliphatic heterocycles. The van der Waals surface area contributed by atoms with E-state index in [0.717, 1.165) is 0 Å². The predicted octanol–water partition coefficient (Wildman–Crippen LogP) is 1.65. The first-order chi connectivity index (χ1) is 5.58. The number of hydrogen-bond acceptors (Lipinski definition) is 2. The van der Waals surface area contributed by atoms with Crippen LogP contribution in [0.1, 0.15) is 0 Å². The normalized spacial score (nSPS) is 11.2. The number of benzene rings is 1. The van der Waals surface area contributed by atoms with E-state index in [0.29, 0.717) is 5.75 Å². The average Bonchev–Trinajstić information content (AvgIpc) is 2.02. The number of hydrogen-bond donors (Lipinski definition) is 1. The van der Waals surface area contributed by atoms with Crippen LogP contribution in [0.2, 0.25) is 0 Å². The Balaban J connectivity index is 2.44. The molecule has 0 saturated carbocycles. The maximum Gasteiger partial charge on any atom is 0.387 e. The third-order valence-corrected chi connectivity index (χ3v) is 1.16. The van der Waals surface area contributed by atoms with Gasteiger partial charge < -0.3 is 9.84 Å². The maximum absolute atomic E-state index is 11.8. The van der Waals surface area contributed by atoms with Crippen LogP contribution < -0.4 is 4.74 Å². The third kappa shape index (κ3) is 3.30. The van der Waals surface area contributed by atoms with Gasteiger partial charge in [0, 0.05) is 0 Å². The summed E-state index contributed by atoms with van der Waals surface area (Å²) in [7, 11) is 0. The molecule has 0 atom stereocenters. The van der Waals surface area contributed by atoms with Crippen molar-refractivity contribution in [2.24, 2.45) is 0 Å². The standard InChI is InChI=1S/C8H8F2O2/c9-8(10,11)6-12-7-4-2-1-3-5-7/h1-5,11H,6H2.